The van der Waals surface area contributed by atoms with Crippen molar-refractivity contribution in [1.82, 2.24) is 19.8 Å². The highest BCUT2D eigenvalue weighted by atomic mass is 35.5. The Hall–Kier alpha value is -1.85. The van der Waals surface area contributed by atoms with E-state index in [9.17, 15) is 4.79 Å². The number of carbonyl (C=O) groups excluding carboxylic acids is 1. The summed E-state index contributed by atoms with van der Waals surface area (Å²) in [5, 5.41) is 3.24. The van der Waals surface area contributed by atoms with Crippen molar-refractivity contribution < 1.29 is 4.79 Å². The van der Waals surface area contributed by atoms with E-state index in [0.717, 1.165) is 17.9 Å². The molecule has 112 valence electrons. The fourth-order valence-corrected chi connectivity index (χ4v) is 2.23. The lowest BCUT2D eigenvalue weighted by atomic mass is 10.1. The van der Waals surface area contributed by atoms with Crippen molar-refractivity contribution in [2.24, 2.45) is 7.05 Å². The molecule has 0 saturated carbocycles. The molecular formula is C15H19ClN4O. The lowest BCUT2D eigenvalue weighted by Gasteiger charge is -2.16. The zero-order chi connectivity index (χ0) is 15.4. The first kappa shape index (κ1) is 15.5. The minimum absolute atomic E-state index is 0.0717. The van der Waals surface area contributed by atoms with E-state index >= 15 is 0 Å². The number of benzene rings is 1. The van der Waals surface area contributed by atoms with Crippen LogP contribution in [-0.4, -0.2) is 34.5 Å². The fraction of sp³-hybridized carbons (Fsp3) is 0.333. The molecule has 0 aliphatic carbocycles. The molecule has 1 N–H and O–H groups in total. The molecule has 21 heavy (non-hydrogen) atoms. The number of hydrogen-bond acceptors (Lipinski definition) is 3. The second-order valence-corrected chi connectivity index (χ2v) is 5.39. The molecule has 0 bridgehead atoms. The molecule has 1 heterocycles. The highest BCUT2D eigenvalue weighted by Crippen LogP contribution is 2.12. The highest BCUT2D eigenvalue weighted by molar-refractivity contribution is 6.29. The molecule has 2 aromatic rings. The standard InChI is InChI=1S/C15H19ClN4O/c1-17-15(21)12-6-4-11(5-7-12)9-19(2)10-14-18-8-13(16)20(14)3/h4-8H,9-10H2,1-3H3,(H,17,21). The number of rotatable bonds is 5. The minimum Gasteiger partial charge on any atom is -0.355 e. The van der Waals surface area contributed by atoms with Gasteiger partial charge in [-0.3, -0.25) is 9.69 Å². The van der Waals surface area contributed by atoms with Gasteiger partial charge in [-0.25, -0.2) is 4.98 Å². The number of nitrogens with zero attached hydrogens (tertiary/aromatic N) is 3. The number of halogens is 1. The lowest BCUT2D eigenvalue weighted by molar-refractivity contribution is 0.0963. The maximum atomic E-state index is 11.5. The van der Waals surface area contributed by atoms with Crippen molar-refractivity contribution in [2.75, 3.05) is 14.1 Å². The molecule has 0 aliphatic rings. The summed E-state index contributed by atoms with van der Waals surface area (Å²) < 4.78 is 1.87. The Balaban J connectivity index is 1.98. The summed E-state index contributed by atoms with van der Waals surface area (Å²) in [5.41, 5.74) is 1.81. The third-order valence-electron chi connectivity index (χ3n) is 3.33. The van der Waals surface area contributed by atoms with Crippen LogP contribution in [0.3, 0.4) is 0 Å². The highest BCUT2D eigenvalue weighted by Gasteiger charge is 2.09. The molecule has 0 fully saturated rings. The van der Waals surface area contributed by atoms with Gasteiger partial charge < -0.3 is 9.88 Å². The topological polar surface area (TPSA) is 50.2 Å². The Morgan fingerprint density at radius 1 is 1.33 bits per heavy atom. The second kappa shape index (κ2) is 6.74. The van der Waals surface area contributed by atoms with Crippen molar-refractivity contribution >= 4 is 17.5 Å². The van der Waals surface area contributed by atoms with Crippen LogP contribution in [0.4, 0.5) is 0 Å². The Kier molecular flexibility index (Phi) is 4.98. The van der Waals surface area contributed by atoms with Crippen molar-refractivity contribution in [3.8, 4) is 0 Å². The van der Waals surface area contributed by atoms with Crippen LogP contribution in [0.15, 0.2) is 30.5 Å². The number of amides is 1. The van der Waals surface area contributed by atoms with Crippen molar-refractivity contribution in [3.63, 3.8) is 0 Å². The molecule has 0 saturated heterocycles. The van der Waals surface area contributed by atoms with Crippen molar-refractivity contribution in [3.05, 3.63) is 52.6 Å². The van der Waals surface area contributed by atoms with Crippen LogP contribution in [0.25, 0.3) is 0 Å². The third-order valence-corrected chi connectivity index (χ3v) is 3.69. The van der Waals surface area contributed by atoms with E-state index < -0.39 is 0 Å². The second-order valence-electron chi connectivity index (χ2n) is 5.00. The zero-order valence-electron chi connectivity index (χ0n) is 12.4. The normalized spacial score (nSPS) is 10.9. The molecule has 0 spiro atoms. The fourth-order valence-electron chi connectivity index (χ4n) is 2.09. The van der Waals surface area contributed by atoms with Gasteiger partial charge in [-0.15, -0.1) is 0 Å². The first-order chi connectivity index (χ1) is 10.0. The Bertz CT molecular complexity index is 621. The molecule has 0 aliphatic heterocycles. The summed E-state index contributed by atoms with van der Waals surface area (Å²) in [6.07, 6.45) is 1.66. The molecule has 0 radical (unpaired) electrons. The van der Waals surface area contributed by atoms with E-state index in [0.29, 0.717) is 17.3 Å². The SMILES string of the molecule is CNC(=O)c1ccc(CN(C)Cc2ncc(Cl)n2C)cc1. The van der Waals surface area contributed by atoms with Crippen LogP contribution in [0, 0.1) is 0 Å². The number of imidazole rings is 1. The summed E-state index contributed by atoms with van der Waals surface area (Å²) in [7, 11) is 5.55. The summed E-state index contributed by atoms with van der Waals surface area (Å²) in [6, 6.07) is 7.60. The Labute approximate surface area is 129 Å². The van der Waals surface area contributed by atoms with Gasteiger partial charge >= 0.3 is 0 Å². The Morgan fingerprint density at radius 3 is 2.52 bits per heavy atom. The van der Waals surface area contributed by atoms with Gasteiger partial charge in [0, 0.05) is 26.2 Å². The van der Waals surface area contributed by atoms with Crippen LogP contribution >= 0.6 is 11.6 Å². The van der Waals surface area contributed by atoms with E-state index in [4.69, 9.17) is 11.6 Å². The van der Waals surface area contributed by atoms with E-state index in [1.807, 2.05) is 42.9 Å². The van der Waals surface area contributed by atoms with Crippen molar-refractivity contribution in [1.29, 1.82) is 0 Å². The monoisotopic (exact) mass is 306 g/mol. The number of hydrogen-bond donors (Lipinski definition) is 1. The molecule has 0 atom stereocenters. The van der Waals surface area contributed by atoms with E-state index in [2.05, 4.69) is 15.2 Å². The molecule has 5 nitrogen and oxygen atoms in total. The number of nitrogens with one attached hydrogen (secondary N) is 1. The van der Waals surface area contributed by atoms with Crippen LogP contribution in [0.5, 0.6) is 0 Å². The van der Waals surface area contributed by atoms with Gasteiger partial charge in [0.05, 0.1) is 12.7 Å². The number of carbonyl (C=O) groups is 1. The predicted molar refractivity (Wildman–Crippen MR) is 83.2 cm³/mol. The molecule has 1 aromatic carbocycles. The molecule has 6 heteroatoms. The summed E-state index contributed by atoms with van der Waals surface area (Å²) in [5.74, 6) is 0.849. The predicted octanol–water partition coefficient (Wildman–Crippen LogP) is 2.07. The zero-order valence-corrected chi connectivity index (χ0v) is 13.2. The molecule has 1 aromatic heterocycles. The Morgan fingerprint density at radius 2 is 2.00 bits per heavy atom. The smallest absolute Gasteiger partial charge is 0.251 e. The first-order valence-corrected chi connectivity index (χ1v) is 7.04. The van der Waals surface area contributed by atoms with Gasteiger partial charge in [-0.2, -0.15) is 0 Å². The maximum absolute atomic E-state index is 11.5. The van der Waals surface area contributed by atoms with Gasteiger partial charge in [0.2, 0.25) is 0 Å². The van der Waals surface area contributed by atoms with Crippen LogP contribution in [0.2, 0.25) is 5.15 Å². The first-order valence-electron chi connectivity index (χ1n) is 6.67. The summed E-state index contributed by atoms with van der Waals surface area (Å²) in [6.45, 7) is 1.49. The average Bonchev–Trinajstić information content (AvgIpc) is 2.79. The number of aromatic nitrogens is 2. The third kappa shape index (κ3) is 3.83. The van der Waals surface area contributed by atoms with Crippen LogP contribution in [0.1, 0.15) is 21.7 Å². The lowest BCUT2D eigenvalue weighted by Crippen LogP contribution is -2.20. The molecular weight excluding hydrogens is 288 g/mol. The summed E-state index contributed by atoms with van der Waals surface area (Å²) in [4.78, 5) is 17.9. The van der Waals surface area contributed by atoms with Gasteiger partial charge in [0.15, 0.2) is 0 Å². The van der Waals surface area contributed by atoms with Crippen LogP contribution < -0.4 is 5.32 Å². The minimum atomic E-state index is -0.0717. The molecule has 2 rings (SSSR count). The van der Waals surface area contributed by atoms with Crippen LogP contribution in [-0.2, 0) is 20.1 Å². The van der Waals surface area contributed by atoms with Gasteiger partial charge in [-0.1, -0.05) is 23.7 Å². The maximum Gasteiger partial charge on any atom is 0.251 e. The quantitative estimate of drug-likeness (QED) is 0.920. The van der Waals surface area contributed by atoms with E-state index in [1.165, 1.54) is 0 Å². The largest absolute Gasteiger partial charge is 0.355 e. The average molecular weight is 307 g/mol. The van der Waals surface area contributed by atoms with Crippen molar-refractivity contribution in [2.45, 2.75) is 13.1 Å². The molecule has 0 unspecified atom stereocenters. The van der Waals surface area contributed by atoms with Gasteiger partial charge in [-0.05, 0) is 24.7 Å². The van der Waals surface area contributed by atoms with E-state index in [1.54, 1.807) is 13.2 Å². The summed E-state index contributed by atoms with van der Waals surface area (Å²) >= 11 is 5.98. The van der Waals surface area contributed by atoms with Gasteiger partial charge in [0.1, 0.15) is 11.0 Å². The molecule has 1 amide bonds. The van der Waals surface area contributed by atoms with E-state index in [-0.39, 0.29) is 5.91 Å². The van der Waals surface area contributed by atoms with Gasteiger partial charge in [0.25, 0.3) is 5.91 Å².